The lowest BCUT2D eigenvalue weighted by Crippen LogP contribution is -2.12. The minimum atomic E-state index is -0.246. The maximum atomic E-state index is 11.6. The summed E-state index contributed by atoms with van der Waals surface area (Å²) in [7, 11) is 1.47. The molecule has 0 atom stereocenters. The number of anilines is 1. The largest absolute Gasteiger partial charge is 0.503 e. The average molecular weight is 381 g/mol. The molecule has 1 aromatic carbocycles. The molecule has 0 bridgehead atoms. The van der Waals surface area contributed by atoms with Gasteiger partial charge in [0.2, 0.25) is 5.95 Å². The van der Waals surface area contributed by atoms with Crippen molar-refractivity contribution in [3.8, 4) is 11.5 Å². The van der Waals surface area contributed by atoms with Crippen molar-refractivity contribution >= 4 is 28.1 Å². The minimum absolute atomic E-state index is 0.00946. The lowest BCUT2D eigenvalue weighted by molar-refractivity contribution is 0.372. The molecule has 2 aromatic rings. The van der Waals surface area contributed by atoms with Crippen molar-refractivity contribution in [2.24, 2.45) is 5.10 Å². The summed E-state index contributed by atoms with van der Waals surface area (Å²) in [6.07, 6.45) is 1.49. The zero-order valence-electron chi connectivity index (χ0n) is 12.9. The van der Waals surface area contributed by atoms with Crippen molar-refractivity contribution in [1.82, 2.24) is 9.97 Å². The fraction of sp³-hybridized carbons (Fsp3) is 0.267. The Balaban J connectivity index is 2.20. The Morgan fingerprint density at radius 2 is 2.22 bits per heavy atom. The van der Waals surface area contributed by atoms with Crippen molar-refractivity contribution < 1.29 is 9.84 Å². The molecule has 1 aromatic heterocycles. The Morgan fingerprint density at radius 3 is 2.87 bits per heavy atom. The van der Waals surface area contributed by atoms with E-state index < -0.39 is 0 Å². The average Bonchev–Trinajstić information content (AvgIpc) is 2.51. The van der Waals surface area contributed by atoms with Crippen LogP contribution in [0.2, 0.25) is 0 Å². The molecule has 0 spiro atoms. The Kier molecular flexibility index (Phi) is 5.38. The highest BCUT2D eigenvalue weighted by Crippen LogP contribution is 2.35. The van der Waals surface area contributed by atoms with E-state index >= 15 is 0 Å². The molecule has 3 N–H and O–H groups in total. The third-order valence-electron chi connectivity index (χ3n) is 3.06. The van der Waals surface area contributed by atoms with Crippen molar-refractivity contribution in [2.75, 3.05) is 12.5 Å². The van der Waals surface area contributed by atoms with Crippen LogP contribution in [0.1, 0.15) is 31.0 Å². The van der Waals surface area contributed by atoms with Gasteiger partial charge in [0.25, 0.3) is 5.56 Å². The molecule has 0 aliphatic carbocycles. The molecule has 0 aliphatic rings. The van der Waals surface area contributed by atoms with E-state index in [-0.39, 0.29) is 23.2 Å². The van der Waals surface area contributed by atoms with Gasteiger partial charge in [-0.05, 0) is 34.0 Å². The standard InChI is InChI=1S/C15H17BrN4O3/c1-8(2)10-6-12(21)19-15(18-10)20-17-7-9-4-5-11(23-3)14(22)13(9)16/h4-8,22H,1-3H3,(H2,18,19,20,21)/b17-7-. The molecule has 2 rings (SSSR count). The number of phenolic OH excluding ortho intramolecular Hbond substituents is 1. The summed E-state index contributed by atoms with van der Waals surface area (Å²) in [6, 6.07) is 4.81. The van der Waals surface area contributed by atoms with E-state index in [4.69, 9.17) is 4.74 Å². The van der Waals surface area contributed by atoms with Gasteiger partial charge < -0.3 is 9.84 Å². The number of aromatic hydroxyl groups is 1. The number of nitrogens with zero attached hydrogens (tertiary/aromatic N) is 2. The van der Waals surface area contributed by atoms with E-state index in [0.717, 1.165) is 0 Å². The number of hydrazone groups is 1. The van der Waals surface area contributed by atoms with Crippen LogP contribution in [0.3, 0.4) is 0 Å². The summed E-state index contributed by atoms with van der Waals surface area (Å²) >= 11 is 3.28. The van der Waals surface area contributed by atoms with Crippen LogP contribution in [0.25, 0.3) is 0 Å². The van der Waals surface area contributed by atoms with E-state index in [1.165, 1.54) is 19.4 Å². The summed E-state index contributed by atoms with van der Waals surface area (Å²) in [5, 5.41) is 13.9. The lowest BCUT2D eigenvalue weighted by atomic mass is 10.1. The molecule has 0 saturated heterocycles. The minimum Gasteiger partial charge on any atom is -0.503 e. The fourth-order valence-electron chi connectivity index (χ4n) is 1.81. The lowest BCUT2D eigenvalue weighted by Gasteiger charge is -2.07. The summed E-state index contributed by atoms with van der Waals surface area (Å²) < 4.78 is 5.47. The second-order valence-corrected chi connectivity index (χ2v) is 5.86. The van der Waals surface area contributed by atoms with Gasteiger partial charge >= 0.3 is 0 Å². The number of nitrogens with one attached hydrogen (secondary N) is 2. The van der Waals surface area contributed by atoms with Gasteiger partial charge in [-0.15, -0.1) is 0 Å². The maximum Gasteiger partial charge on any atom is 0.252 e. The highest BCUT2D eigenvalue weighted by Gasteiger charge is 2.09. The molecule has 0 radical (unpaired) electrons. The van der Waals surface area contributed by atoms with E-state index in [9.17, 15) is 9.90 Å². The summed E-state index contributed by atoms with van der Waals surface area (Å²) in [5.74, 6) is 0.739. The molecular formula is C15H17BrN4O3. The van der Waals surface area contributed by atoms with Crippen LogP contribution in [0.5, 0.6) is 11.5 Å². The number of aromatic amines is 1. The topological polar surface area (TPSA) is 99.6 Å². The van der Waals surface area contributed by atoms with Crippen molar-refractivity contribution in [3.63, 3.8) is 0 Å². The van der Waals surface area contributed by atoms with Crippen LogP contribution in [0, 0.1) is 0 Å². The van der Waals surface area contributed by atoms with Gasteiger partial charge in [0.1, 0.15) is 0 Å². The van der Waals surface area contributed by atoms with Gasteiger partial charge in [-0.1, -0.05) is 13.8 Å². The highest BCUT2D eigenvalue weighted by atomic mass is 79.9. The van der Waals surface area contributed by atoms with Crippen molar-refractivity contribution in [2.45, 2.75) is 19.8 Å². The summed E-state index contributed by atoms with van der Waals surface area (Å²) in [6.45, 7) is 3.90. The van der Waals surface area contributed by atoms with Crippen LogP contribution in [-0.2, 0) is 0 Å². The van der Waals surface area contributed by atoms with Gasteiger partial charge in [0.15, 0.2) is 11.5 Å². The first-order valence-electron chi connectivity index (χ1n) is 6.88. The third kappa shape index (κ3) is 4.10. The molecule has 0 fully saturated rings. The Hall–Kier alpha value is -2.35. The second-order valence-electron chi connectivity index (χ2n) is 5.06. The van der Waals surface area contributed by atoms with Crippen LogP contribution in [-0.4, -0.2) is 28.4 Å². The molecule has 1 heterocycles. The molecule has 0 saturated carbocycles. The molecule has 8 heteroatoms. The quantitative estimate of drug-likeness (QED) is 0.546. The zero-order chi connectivity index (χ0) is 17.0. The first-order valence-corrected chi connectivity index (χ1v) is 7.67. The van der Waals surface area contributed by atoms with Gasteiger partial charge in [-0.3, -0.25) is 9.78 Å². The number of benzene rings is 1. The summed E-state index contributed by atoms with van der Waals surface area (Å²) in [5.41, 5.74) is 3.74. The predicted octanol–water partition coefficient (Wildman–Crippen LogP) is 2.82. The smallest absolute Gasteiger partial charge is 0.252 e. The molecular weight excluding hydrogens is 364 g/mol. The first kappa shape index (κ1) is 17.0. The fourth-order valence-corrected chi connectivity index (χ4v) is 2.24. The number of aromatic nitrogens is 2. The van der Waals surface area contributed by atoms with Crippen LogP contribution in [0.4, 0.5) is 5.95 Å². The number of H-pyrrole nitrogens is 1. The SMILES string of the molecule is COc1ccc(/C=N\Nc2nc(C(C)C)cc(=O)[nH]2)c(Br)c1O. The van der Waals surface area contributed by atoms with Crippen LogP contribution < -0.4 is 15.7 Å². The van der Waals surface area contributed by atoms with Crippen LogP contribution >= 0.6 is 15.9 Å². The number of hydrogen-bond acceptors (Lipinski definition) is 6. The van der Waals surface area contributed by atoms with Crippen molar-refractivity contribution in [3.05, 3.63) is 44.3 Å². The Bertz CT molecular complexity index is 787. The number of hydrogen-bond donors (Lipinski definition) is 3. The van der Waals surface area contributed by atoms with E-state index in [1.807, 2.05) is 13.8 Å². The maximum absolute atomic E-state index is 11.6. The molecule has 7 nitrogen and oxygen atoms in total. The number of halogens is 1. The molecule has 0 aliphatic heterocycles. The van der Waals surface area contributed by atoms with E-state index in [2.05, 4.69) is 36.4 Å². The van der Waals surface area contributed by atoms with Gasteiger partial charge in [-0.25, -0.2) is 10.4 Å². The molecule has 0 amide bonds. The van der Waals surface area contributed by atoms with Gasteiger partial charge in [-0.2, -0.15) is 5.10 Å². The number of ether oxygens (including phenoxy) is 1. The number of methoxy groups -OCH3 is 1. The Morgan fingerprint density at radius 1 is 1.48 bits per heavy atom. The number of phenols is 1. The zero-order valence-corrected chi connectivity index (χ0v) is 14.5. The first-order chi connectivity index (χ1) is 10.9. The second kappa shape index (κ2) is 7.28. The van der Waals surface area contributed by atoms with Gasteiger partial charge in [0.05, 0.1) is 23.5 Å². The normalized spacial score (nSPS) is 11.2. The van der Waals surface area contributed by atoms with Crippen molar-refractivity contribution in [1.29, 1.82) is 0 Å². The molecule has 0 unspecified atom stereocenters. The monoisotopic (exact) mass is 380 g/mol. The Labute approximate surface area is 141 Å². The highest BCUT2D eigenvalue weighted by molar-refractivity contribution is 9.10. The van der Waals surface area contributed by atoms with Gasteiger partial charge in [0, 0.05) is 11.6 Å². The number of rotatable bonds is 5. The van der Waals surface area contributed by atoms with Crippen LogP contribution in [0.15, 0.2) is 32.6 Å². The summed E-state index contributed by atoms with van der Waals surface area (Å²) in [4.78, 5) is 18.4. The van der Waals surface area contributed by atoms with E-state index in [0.29, 0.717) is 21.5 Å². The third-order valence-corrected chi connectivity index (χ3v) is 3.89. The molecule has 122 valence electrons. The van der Waals surface area contributed by atoms with E-state index in [1.54, 1.807) is 12.1 Å². The predicted molar refractivity (Wildman–Crippen MR) is 92.5 cm³/mol. The molecule has 23 heavy (non-hydrogen) atoms.